The lowest BCUT2D eigenvalue weighted by Gasteiger charge is -2.26. The fourth-order valence-electron chi connectivity index (χ4n) is 3.13. The van der Waals surface area contributed by atoms with Gasteiger partial charge in [-0.1, -0.05) is 24.6 Å². The van der Waals surface area contributed by atoms with Crippen molar-refractivity contribution in [3.8, 4) is 5.69 Å². The number of benzene rings is 1. The number of amides is 2. The summed E-state index contributed by atoms with van der Waals surface area (Å²) in [6.45, 7) is 5.08. The Morgan fingerprint density at radius 3 is 2.54 bits per heavy atom. The van der Waals surface area contributed by atoms with Crippen LogP contribution in [0.4, 0.5) is 5.82 Å². The highest BCUT2D eigenvalue weighted by molar-refractivity contribution is 5.95. The van der Waals surface area contributed by atoms with Crippen molar-refractivity contribution in [3.63, 3.8) is 0 Å². The summed E-state index contributed by atoms with van der Waals surface area (Å²) in [6, 6.07) is 11.0. The molecule has 138 valence electrons. The summed E-state index contributed by atoms with van der Waals surface area (Å²) in [5.41, 5.74) is 1.07. The van der Waals surface area contributed by atoms with Gasteiger partial charge in [-0.25, -0.2) is 4.68 Å². The number of aromatic nitrogens is 2. The molecule has 3 rings (SSSR count). The van der Waals surface area contributed by atoms with Gasteiger partial charge in [-0.15, -0.1) is 0 Å². The Bertz CT molecular complexity index is 751. The Morgan fingerprint density at radius 1 is 1.12 bits per heavy atom. The second-order valence-electron chi connectivity index (χ2n) is 6.50. The third-order valence-electron chi connectivity index (χ3n) is 4.41. The van der Waals surface area contributed by atoms with Gasteiger partial charge < -0.3 is 15.5 Å². The lowest BCUT2D eigenvalue weighted by molar-refractivity contribution is -0.114. The summed E-state index contributed by atoms with van der Waals surface area (Å²) in [5.74, 6) is 0.0345. The molecule has 2 heterocycles. The summed E-state index contributed by atoms with van der Waals surface area (Å²) in [4.78, 5) is 26.3. The summed E-state index contributed by atoms with van der Waals surface area (Å²) >= 11 is 0. The van der Waals surface area contributed by atoms with Crippen molar-refractivity contribution in [2.45, 2.75) is 26.2 Å². The normalized spacial score (nSPS) is 14.8. The Morgan fingerprint density at radius 2 is 1.85 bits per heavy atom. The van der Waals surface area contributed by atoms with Crippen LogP contribution in [0.5, 0.6) is 0 Å². The van der Waals surface area contributed by atoms with Crippen LogP contribution in [-0.2, 0) is 4.79 Å². The zero-order chi connectivity index (χ0) is 18.4. The molecular weight excluding hydrogens is 330 g/mol. The van der Waals surface area contributed by atoms with Gasteiger partial charge in [-0.05, 0) is 38.1 Å². The van der Waals surface area contributed by atoms with E-state index in [9.17, 15) is 9.59 Å². The molecule has 0 atom stereocenters. The molecule has 7 nitrogen and oxygen atoms in total. The molecule has 2 aromatic rings. The second kappa shape index (κ2) is 8.62. The molecule has 1 aliphatic rings. The number of para-hydroxylation sites is 1. The molecule has 2 N–H and O–H groups in total. The molecule has 0 bridgehead atoms. The van der Waals surface area contributed by atoms with Gasteiger partial charge in [0.2, 0.25) is 5.91 Å². The van der Waals surface area contributed by atoms with Crippen LogP contribution in [0.2, 0.25) is 0 Å². The smallest absolute Gasteiger partial charge is 0.271 e. The van der Waals surface area contributed by atoms with E-state index in [1.807, 2.05) is 30.3 Å². The van der Waals surface area contributed by atoms with Gasteiger partial charge in [0.05, 0.1) is 5.69 Å². The van der Waals surface area contributed by atoms with Gasteiger partial charge in [0.15, 0.2) is 5.69 Å². The highest BCUT2D eigenvalue weighted by Crippen LogP contribution is 2.17. The van der Waals surface area contributed by atoms with Crippen LogP contribution in [0, 0.1) is 0 Å². The van der Waals surface area contributed by atoms with E-state index in [0.717, 1.165) is 25.3 Å². The third-order valence-corrected chi connectivity index (χ3v) is 4.41. The number of piperidine rings is 1. The van der Waals surface area contributed by atoms with Gasteiger partial charge in [0.1, 0.15) is 5.82 Å². The van der Waals surface area contributed by atoms with Crippen molar-refractivity contribution in [2.75, 3.05) is 31.5 Å². The molecule has 0 aliphatic carbocycles. The number of likely N-dealkylation sites (tertiary alicyclic amines) is 1. The molecule has 1 aromatic carbocycles. The van der Waals surface area contributed by atoms with Crippen LogP contribution in [-0.4, -0.2) is 52.7 Å². The monoisotopic (exact) mass is 355 g/mol. The van der Waals surface area contributed by atoms with Gasteiger partial charge in [-0.3, -0.25) is 9.59 Å². The third kappa shape index (κ3) is 4.70. The zero-order valence-corrected chi connectivity index (χ0v) is 15.1. The molecule has 2 amide bonds. The number of nitrogens with one attached hydrogen (secondary N) is 2. The van der Waals surface area contributed by atoms with Crippen LogP contribution < -0.4 is 10.6 Å². The first-order valence-corrected chi connectivity index (χ1v) is 9.07. The molecule has 1 aliphatic heterocycles. The quantitative estimate of drug-likeness (QED) is 0.831. The highest BCUT2D eigenvalue weighted by atomic mass is 16.2. The predicted octanol–water partition coefficient (Wildman–Crippen LogP) is 2.05. The average Bonchev–Trinajstić information content (AvgIpc) is 3.06. The van der Waals surface area contributed by atoms with Crippen LogP contribution in [0.3, 0.4) is 0 Å². The number of carbonyl (C=O) groups excluding carboxylic acids is 2. The Balaban J connectivity index is 1.67. The minimum absolute atomic E-state index is 0.209. The van der Waals surface area contributed by atoms with Crippen molar-refractivity contribution in [2.24, 2.45) is 0 Å². The van der Waals surface area contributed by atoms with Crippen LogP contribution in [0.1, 0.15) is 36.7 Å². The first kappa shape index (κ1) is 18.1. The van der Waals surface area contributed by atoms with Crippen LogP contribution >= 0.6 is 0 Å². The minimum Gasteiger partial charge on any atom is -0.349 e. The zero-order valence-electron chi connectivity index (χ0n) is 15.1. The lowest BCUT2D eigenvalue weighted by Crippen LogP contribution is -2.37. The molecule has 7 heteroatoms. The highest BCUT2D eigenvalue weighted by Gasteiger charge is 2.16. The van der Waals surface area contributed by atoms with Gasteiger partial charge >= 0.3 is 0 Å². The van der Waals surface area contributed by atoms with E-state index >= 15 is 0 Å². The Hall–Kier alpha value is -2.67. The van der Waals surface area contributed by atoms with E-state index < -0.39 is 0 Å². The minimum atomic E-state index is -0.233. The average molecular weight is 355 g/mol. The molecule has 0 spiro atoms. The van der Waals surface area contributed by atoms with E-state index in [0.29, 0.717) is 12.4 Å². The van der Waals surface area contributed by atoms with Crippen molar-refractivity contribution >= 4 is 17.6 Å². The van der Waals surface area contributed by atoms with Crippen LogP contribution in [0.15, 0.2) is 36.4 Å². The van der Waals surface area contributed by atoms with Crippen LogP contribution in [0.25, 0.3) is 5.69 Å². The standard InChI is InChI=1S/C19H25N5O2/c1-15(25)21-18-14-17(22-24(18)16-8-4-2-5-9-16)19(26)20-10-13-23-11-6-3-7-12-23/h2,4-5,8-9,14H,3,6-7,10-13H2,1H3,(H,20,26)(H,21,25). The first-order chi connectivity index (χ1) is 12.6. The largest absolute Gasteiger partial charge is 0.349 e. The van der Waals surface area contributed by atoms with E-state index in [4.69, 9.17) is 0 Å². The Labute approximate surface area is 153 Å². The molecule has 26 heavy (non-hydrogen) atoms. The predicted molar refractivity (Wildman–Crippen MR) is 100 cm³/mol. The number of rotatable bonds is 6. The molecule has 1 fully saturated rings. The fraction of sp³-hybridized carbons (Fsp3) is 0.421. The summed E-state index contributed by atoms with van der Waals surface area (Å²) in [5, 5.41) is 10.0. The van der Waals surface area contributed by atoms with Gasteiger partial charge in [-0.2, -0.15) is 5.10 Å². The molecule has 1 aromatic heterocycles. The molecule has 0 radical (unpaired) electrons. The number of nitrogens with zero attached hydrogens (tertiary/aromatic N) is 3. The Kier molecular flexibility index (Phi) is 6.01. The van der Waals surface area contributed by atoms with Gasteiger partial charge in [0, 0.05) is 26.1 Å². The number of anilines is 1. The van der Waals surface area contributed by atoms with E-state index in [1.54, 1.807) is 10.7 Å². The molecular formula is C19H25N5O2. The maximum atomic E-state index is 12.5. The van der Waals surface area contributed by atoms with E-state index in [2.05, 4.69) is 20.6 Å². The van der Waals surface area contributed by atoms with Crippen molar-refractivity contribution in [1.82, 2.24) is 20.0 Å². The van der Waals surface area contributed by atoms with E-state index in [-0.39, 0.29) is 17.5 Å². The van der Waals surface area contributed by atoms with Crippen molar-refractivity contribution in [3.05, 3.63) is 42.1 Å². The maximum Gasteiger partial charge on any atom is 0.271 e. The van der Waals surface area contributed by atoms with E-state index in [1.165, 1.54) is 26.2 Å². The summed E-state index contributed by atoms with van der Waals surface area (Å²) < 4.78 is 1.57. The SMILES string of the molecule is CC(=O)Nc1cc(C(=O)NCCN2CCCCC2)nn1-c1ccccc1. The molecule has 1 saturated heterocycles. The van der Waals surface area contributed by atoms with Crippen molar-refractivity contribution in [1.29, 1.82) is 0 Å². The maximum absolute atomic E-state index is 12.5. The number of hydrogen-bond donors (Lipinski definition) is 2. The second-order valence-corrected chi connectivity index (χ2v) is 6.50. The number of carbonyl (C=O) groups is 2. The lowest BCUT2D eigenvalue weighted by atomic mass is 10.1. The first-order valence-electron chi connectivity index (χ1n) is 9.07. The van der Waals surface area contributed by atoms with Gasteiger partial charge in [0.25, 0.3) is 5.91 Å². The fourth-order valence-corrected chi connectivity index (χ4v) is 3.13. The topological polar surface area (TPSA) is 79.3 Å². The van der Waals surface area contributed by atoms with Crippen molar-refractivity contribution < 1.29 is 9.59 Å². The summed E-state index contributed by atoms with van der Waals surface area (Å²) in [6.07, 6.45) is 3.76. The molecule has 0 saturated carbocycles. The summed E-state index contributed by atoms with van der Waals surface area (Å²) in [7, 11) is 0. The molecule has 0 unspecified atom stereocenters. The number of hydrogen-bond acceptors (Lipinski definition) is 4.